The van der Waals surface area contributed by atoms with Crippen LogP contribution in [0.4, 0.5) is 14.5 Å². The summed E-state index contributed by atoms with van der Waals surface area (Å²) < 4.78 is 32.1. The number of carbonyl (C=O) groups is 1. The summed E-state index contributed by atoms with van der Waals surface area (Å²) in [5.74, 6) is -4.79. The molecule has 2 heterocycles. The van der Waals surface area contributed by atoms with E-state index in [-0.39, 0.29) is 6.54 Å². The Morgan fingerprint density at radius 2 is 2.39 bits per heavy atom. The van der Waals surface area contributed by atoms with Crippen LogP contribution in [0.25, 0.3) is 0 Å². The standard InChI is InChI=1S/C11H15F2N3O2/c1-3-8-9(6-16(2)15-8)14-5-7-4-11(12,13)10(17)18-7/h6-7,14H,3-5H2,1-2H3. The molecule has 1 atom stereocenters. The van der Waals surface area contributed by atoms with Gasteiger partial charge in [0.2, 0.25) is 0 Å². The van der Waals surface area contributed by atoms with Crippen molar-refractivity contribution in [3.05, 3.63) is 11.9 Å². The Morgan fingerprint density at radius 1 is 1.67 bits per heavy atom. The number of ether oxygens (including phenoxy) is 1. The van der Waals surface area contributed by atoms with E-state index in [1.165, 1.54) is 0 Å². The predicted molar refractivity (Wildman–Crippen MR) is 60.5 cm³/mol. The van der Waals surface area contributed by atoms with Crippen LogP contribution < -0.4 is 5.32 Å². The Labute approximate surface area is 103 Å². The fourth-order valence-electron chi connectivity index (χ4n) is 1.93. The predicted octanol–water partition coefficient (Wildman–Crippen LogP) is 1.35. The van der Waals surface area contributed by atoms with Gasteiger partial charge in [-0.05, 0) is 6.42 Å². The summed E-state index contributed by atoms with van der Waals surface area (Å²) >= 11 is 0. The van der Waals surface area contributed by atoms with Crippen LogP contribution in [0.5, 0.6) is 0 Å². The fourth-order valence-corrected chi connectivity index (χ4v) is 1.93. The van der Waals surface area contributed by atoms with Gasteiger partial charge >= 0.3 is 11.9 Å². The molecule has 7 heteroatoms. The average Bonchev–Trinajstić information content (AvgIpc) is 2.77. The number of rotatable bonds is 4. The Morgan fingerprint density at radius 3 is 2.94 bits per heavy atom. The molecular weight excluding hydrogens is 244 g/mol. The molecule has 1 aromatic rings. The SMILES string of the molecule is CCc1nn(C)cc1NCC1CC(F)(F)C(=O)O1. The van der Waals surface area contributed by atoms with Crippen molar-refractivity contribution in [2.75, 3.05) is 11.9 Å². The molecule has 0 aliphatic carbocycles. The first kappa shape index (κ1) is 12.8. The summed E-state index contributed by atoms with van der Waals surface area (Å²) in [5.41, 5.74) is 1.64. The number of anilines is 1. The molecule has 1 aliphatic heterocycles. The number of aryl methyl sites for hydroxylation is 2. The molecule has 1 aromatic heterocycles. The van der Waals surface area contributed by atoms with E-state index in [4.69, 9.17) is 0 Å². The molecule has 0 radical (unpaired) electrons. The lowest BCUT2D eigenvalue weighted by Gasteiger charge is -2.10. The normalized spacial score (nSPS) is 22.0. The van der Waals surface area contributed by atoms with Crippen LogP contribution in [0.15, 0.2) is 6.20 Å². The molecule has 0 saturated carbocycles. The number of nitrogens with one attached hydrogen (secondary N) is 1. The van der Waals surface area contributed by atoms with Gasteiger partial charge in [0.1, 0.15) is 6.10 Å². The summed E-state index contributed by atoms with van der Waals surface area (Å²) in [5, 5.41) is 7.21. The van der Waals surface area contributed by atoms with Crippen molar-refractivity contribution in [1.82, 2.24) is 9.78 Å². The third kappa shape index (κ3) is 2.44. The van der Waals surface area contributed by atoms with Gasteiger partial charge in [-0.25, -0.2) is 4.79 Å². The number of cyclic esters (lactones) is 1. The largest absolute Gasteiger partial charge is 0.456 e. The van der Waals surface area contributed by atoms with E-state index >= 15 is 0 Å². The molecule has 1 unspecified atom stereocenters. The van der Waals surface area contributed by atoms with E-state index in [0.717, 1.165) is 17.8 Å². The summed E-state index contributed by atoms with van der Waals surface area (Å²) in [6.45, 7) is 2.12. The molecule has 0 bridgehead atoms. The lowest BCUT2D eigenvalue weighted by Crippen LogP contribution is -2.22. The van der Waals surface area contributed by atoms with Gasteiger partial charge in [0.25, 0.3) is 0 Å². The van der Waals surface area contributed by atoms with Gasteiger partial charge < -0.3 is 10.1 Å². The molecule has 0 spiro atoms. The molecule has 1 N–H and O–H groups in total. The Hall–Kier alpha value is -1.66. The van der Waals surface area contributed by atoms with Gasteiger partial charge in [-0.2, -0.15) is 13.9 Å². The zero-order valence-corrected chi connectivity index (χ0v) is 10.2. The van der Waals surface area contributed by atoms with Crippen LogP contribution in [-0.2, 0) is 23.0 Å². The van der Waals surface area contributed by atoms with E-state index in [0.29, 0.717) is 0 Å². The van der Waals surface area contributed by atoms with Crippen molar-refractivity contribution in [3.63, 3.8) is 0 Å². The van der Waals surface area contributed by atoms with Crippen molar-refractivity contribution >= 4 is 11.7 Å². The zero-order valence-electron chi connectivity index (χ0n) is 10.2. The molecule has 1 saturated heterocycles. The summed E-state index contributed by atoms with van der Waals surface area (Å²) in [6.07, 6.45) is 1.15. The summed E-state index contributed by atoms with van der Waals surface area (Å²) in [7, 11) is 1.79. The zero-order chi connectivity index (χ0) is 13.3. The number of nitrogens with zero attached hydrogens (tertiary/aromatic N) is 2. The van der Waals surface area contributed by atoms with E-state index in [9.17, 15) is 13.6 Å². The highest BCUT2D eigenvalue weighted by Crippen LogP contribution is 2.31. The molecule has 1 fully saturated rings. The fraction of sp³-hybridized carbons (Fsp3) is 0.636. The van der Waals surface area contributed by atoms with Crippen molar-refractivity contribution in [1.29, 1.82) is 0 Å². The van der Waals surface area contributed by atoms with Crippen molar-refractivity contribution in [2.45, 2.75) is 31.8 Å². The molecule has 1 aliphatic rings. The minimum absolute atomic E-state index is 0.167. The van der Waals surface area contributed by atoms with Gasteiger partial charge in [-0.3, -0.25) is 4.68 Å². The highest BCUT2D eigenvalue weighted by Gasteiger charge is 2.50. The lowest BCUT2D eigenvalue weighted by molar-refractivity contribution is -0.158. The smallest absolute Gasteiger partial charge is 0.377 e. The van der Waals surface area contributed by atoms with Crippen LogP contribution in [0.1, 0.15) is 19.0 Å². The molecule has 2 rings (SSSR count). The molecular formula is C11H15F2N3O2. The topological polar surface area (TPSA) is 56.2 Å². The third-order valence-corrected chi connectivity index (χ3v) is 2.82. The Balaban J connectivity index is 1.94. The summed E-state index contributed by atoms with van der Waals surface area (Å²) in [4.78, 5) is 10.8. The first-order valence-corrected chi connectivity index (χ1v) is 5.77. The quantitative estimate of drug-likeness (QED) is 0.829. The molecule has 18 heavy (non-hydrogen) atoms. The van der Waals surface area contributed by atoms with Crippen molar-refractivity contribution in [3.8, 4) is 0 Å². The maximum Gasteiger partial charge on any atom is 0.377 e. The lowest BCUT2D eigenvalue weighted by atomic mass is 10.2. The number of alkyl halides is 2. The first-order valence-electron chi connectivity index (χ1n) is 5.77. The van der Waals surface area contributed by atoms with Crippen LogP contribution in [0.3, 0.4) is 0 Å². The Kier molecular flexibility index (Phi) is 3.23. The monoisotopic (exact) mass is 259 g/mol. The summed E-state index contributed by atoms with van der Waals surface area (Å²) in [6, 6.07) is 0. The minimum Gasteiger partial charge on any atom is -0.456 e. The van der Waals surface area contributed by atoms with Gasteiger partial charge in [-0.1, -0.05) is 6.92 Å². The second-order valence-corrected chi connectivity index (χ2v) is 4.33. The van der Waals surface area contributed by atoms with Crippen molar-refractivity contribution in [2.24, 2.45) is 7.05 Å². The Bertz CT molecular complexity index is 459. The van der Waals surface area contributed by atoms with Crippen molar-refractivity contribution < 1.29 is 18.3 Å². The highest BCUT2D eigenvalue weighted by molar-refractivity contribution is 5.79. The highest BCUT2D eigenvalue weighted by atomic mass is 19.3. The number of hydrogen-bond donors (Lipinski definition) is 1. The second-order valence-electron chi connectivity index (χ2n) is 4.33. The van der Waals surface area contributed by atoms with Gasteiger partial charge in [0, 0.05) is 13.2 Å². The molecule has 5 nitrogen and oxygen atoms in total. The number of hydrogen-bond acceptors (Lipinski definition) is 4. The minimum atomic E-state index is -3.35. The number of esters is 1. The third-order valence-electron chi connectivity index (χ3n) is 2.82. The van der Waals surface area contributed by atoms with E-state index in [2.05, 4.69) is 15.2 Å². The van der Waals surface area contributed by atoms with Gasteiger partial charge in [0.05, 0.1) is 24.3 Å². The molecule has 0 aromatic carbocycles. The molecule has 100 valence electrons. The van der Waals surface area contributed by atoms with Gasteiger partial charge in [-0.15, -0.1) is 0 Å². The number of aromatic nitrogens is 2. The van der Waals surface area contributed by atoms with Crippen LogP contribution in [-0.4, -0.2) is 34.3 Å². The maximum absolute atomic E-state index is 12.9. The second kappa shape index (κ2) is 4.55. The van der Waals surface area contributed by atoms with Crippen LogP contribution >= 0.6 is 0 Å². The van der Waals surface area contributed by atoms with Gasteiger partial charge in [0.15, 0.2) is 0 Å². The number of halogens is 2. The first-order chi connectivity index (χ1) is 8.42. The molecule has 0 amide bonds. The van der Waals surface area contributed by atoms with E-state index < -0.39 is 24.4 Å². The van der Waals surface area contributed by atoms with Crippen LogP contribution in [0, 0.1) is 0 Å². The van der Waals surface area contributed by atoms with Crippen LogP contribution in [0.2, 0.25) is 0 Å². The number of carbonyl (C=O) groups excluding carboxylic acids is 1. The van der Waals surface area contributed by atoms with E-state index in [1.54, 1.807) is 17.9 Å². The maximum atomic E-state index is 12.9. The van der Waals surface area contributed by atoms with E-state index in [1.807, 2.05) is 6.92 Å². The average molecular weight is 259 g/mol.